The molecule has 3 nitrogen and oxygen atoms in total. The van der Waals surface area contributed by atoms with E-state index in [-0.39, 0.29) is 50.2 Å². The summed E-state index contributed by atoms with van der Waals surface area (Å²) >= 11 is 0. The number of nitrogens with zero attached hydrogens (tertiary/aromatic N) is 1. The van der Waals surface area contributed by atoms with Crippen LogP contribution in [0, 0.1) is 11.8 Å². The average molecular weight is 289 g/mol. The molecule has 0 aromatic heterocycles. The predicted molar refractivity (Wildman–Crippen MR) is 65.7 cm³/mol. The van der Waals surface area contributed by atoms with E-state index in [9.17, 15) is 18.0 Å². The van der Waals surface area contributed by atoms with E-state index >= 15 is 0 Å². The Bertz CT molecular complexity index is 266. The molecule has 0 aromatic rings. The number of carbonyl (C=O) groups excluding carboxylic acids is 1. The minimum Gasteiger partial charge on any atom is -0.342 e. The van der Waals surface area contributed by atoms with E-state index in [4.69, 9.17) is 0 Å². The first-order valence-electron chi connectivity index (χ1n) is 5.86. The zero-order valence-electron chi connectivity index (χ0n) is 10.6. The van der Waals surface area contributed by atoms with Crippen LogP contribution in [0.25, 0.3) is 0 Å². The van der Waals surface area contributed by atoms with Crippen molar-refractivity contribution in [1.82, 2.24) is 10.2 Å². The molecular formula is C11H20ClF3N2O. The van der Waals surface area contributed by atoms with E-state index in [1.54, 1.807) is 18.9 Å². The standard InChI is InChI=1S/C11H19F3N2O.ClH/c1-8(7-15-2)10(17)16-5-3-9(4-6-16)11(12,13)14;/h8-9,15H,3-7H2,1-2H3;1H. The van der Waals surface area contributed by atoms with E-state index < -0.39 is 12.1 Å². The number of alkyl halides is 3. The van der Waals surface area contributed by atoms with Gasteiger partial charge in [-0.3, -0.25) is 4.79 Å². The van der Waals surface area contributed by atoms with Crippen LogP contribution in [0.15, 0.2) is 0 Å². The lowest BCUT2D eigenvalue weighted by molar-refractivity contribution is -0.186. The number of rotatable bonds is 3. The van der Waals surface area contributed by atoms with Crippen molar-refractivity contribution in [1.29, 1.82) is 0 Å². The summed E-state index contributed by atoms with van der Waals surface area (Å²) in [5.41, 5.74) is 0. The average Bonchev–Trinajstić information content (AvgIpc) is 2.27. The summed E-state index contributed by atoms with van der Waals surface area (Å²) in [4.78, 5) is 13.4. The van der Waals surface area contributed by atoms with Gasteiger partial charge in [0.05, 0.1) is 5.92 Å². The minimum atomic E-state index is -4.12. The van der Waals surface area contributed by atoms with Crippen molar-refractivity contribution in [2.24, 2.45) is 11.8 Å². The van der Waals surface area contributed by atoms with Gasteiger partial charge >= 0.3 is 6.18 Å². The van der Waals surface area contributed by atoms with Crippen molar-refractivity contribution in [3.8, 4) is 0 Å². The lowest BCUT2D eigenvalue weighted by atomic mass is 9.95. The number of carbonyl (C=O) groups is 1. The molecule has 0 bridgehead atoms. The lowest BCUT2D eigenvalue weighted by Gasteiger charge is -2.34. The van der Waals surface area contributed by atoms with Gasteiger partial charge in [-0.25, -0.2) is 0 Å². The Morgan fingerprint density at radius 1 is 1.39 bits per heavy atom. The van der Waals surface area contributed by atoms with Gasteiger partial charge in [0.2, 0.25) is 5.91 Å². The minimum absolute atomic E-state index is 0. The molecular weight excluding hydrogens is 269 g/mol. The second-order valence-corrected chi connectivity index (χ2v) is 4.60. The quantitative estimate of drug-likeness (QED) is 0.862. The maximum absolute atomic E-state index is 12.4. The first-order valence-corrected chi connectivity index (χ1v) is 5.86. The molecule has 7 heteroatoms. The van der Waals surface area contributed by atoms with E-state index in [1.807, 2.05) is 0 Å². The van der Waals surface area contributed by atoms with Crippen LogP contribution in [0.5, 0.6) is 0 Å². The fourth-order valence-corrected chi connectivity index (χ4v) is 2.13. The van der Waals surface area contributed by atoms with Gasteiger partial charge in [-0.2, -0.15) is 13.2 Å². The SMILES string of the molecule is CNCC(C)C(=O)N1CCC(C(F)(F)F)CC1.Cl. The molecule has 1 N–H and O–H groups in total. The van der Waals surface area contributed by atoms with Gasteiger partial charge in [0.1, 0.15) is 0 Å². The third-order valence-electron chi connectivity index (χ3n) is 3.20. The third kappa shape index (κ3) is 4.65. The van der Waals surface area contributed by atoms with E-state index in [1.165, 1.54) is 0 Å². The van der Waals surface area contributed by atoms with Crippen molar-refractivity contribution in [3.05, 3.63) is 0 Å². The maximum Gasteiger partial charge on any atom is 0.391 e. The Morgan fingerprint density at radius 2 is 1.89 bits per heavy atom. The van der Waals surface area contributed by atoms with Gasteiger partial charge in [-0.05, 0) is 19.9 Å². The van der Waals surface area contributed by atoms with E-state index in [2.05, 4.69) is 5.32 Å². The molecule has 1 saturated heterocycles. The second-order valence-electron chi connectivity index (χ2n) is 4.60. The van der Waals surface area contributed by atoms with Crippen molar-refractivity contribution < 1.29 is 18.0 Å². The number of piperidine rings is 1. The van der Waals surface area contributed by atoms with Gasteiger partial charge in [0, 0.05) is 25.6 Å². The molecule has 0 saturated carbocycles. The van der Waals surface area contributed by atoms with E-state index in [0.717, 1.165) is 0 Å². The molecule has 1 aliphatic heterocycles. The lowest BCUT2D eigenvalue weighted by Crippen LogP contribution is -2.45. The van der Waals surface area contributed by atoms with Crippen molar-refractivity contribution in [2.75, 3.05) is 26.7 Å². The molecule has 0 aromatic carbocycles. The fourth-order valence-electron chi connectivity index (χ4n) is 2.13. The zero-order valence-corrected chi connectivity index (χ0v) is 11.4. The molecule has 18 heavy (non-hydrogen) atoms. The monoisotopic (exact) mass is 288 g/mol. The summed E-state index contributed by atoms with van der Waals surface area (Å²) < 4.78 is 37.3. The van der Waals surface area contributed by atoms with Gasteiger partial charge in [0.15, 0.2) is 0 Å². The smallest absolute Gasteiger partial charge is 0.342 e. The van der Waals surface area contributed by atoms with Crippen LogP contribution in [-0.2, 0) is 4.79 Å². The highest BCUT2D eigenvalue weighted by Crippen LogP contribution is 2.34. The summed E-state index contributed by atoms with van der Waals surface area (Å²) in [6.45, 7) is 2.78. The van der Waals surface area contributed by atoms with Gasteiger partial charge in [-0.15, -0.1) is 12.4 Å². The Morgan fingerprint density at radius 3 is 2.28 bits per heavy atom. The first kappa shape index (κ1) is 17.5. The Labute approximate surface area is 112 Å². The molecule has 0 spiro atoms. The zero-order chi connectivity index (χ0) is 13.1. The van der Waals surface area contributed by atoms with Crippen molar-refractivity contribution in [2.45, 2.75) is 25.9 Å². The van der Waals surface area contributed by atoms with Crippen LogP contribution in [0.1, 0.15) is 19.8 Å². The number of halogens is 4. The van der Waals surface area contributed by atoms with Crippen molar-refractivity contribution >= 4 is 18.3 Å². The largest absolute Gasteiger partial charge is 0.391 e. The highest BCUT2D eigenvalue weighted by atomic mass is 35.5. The highest BCUT2D eigenvalue weighted by molar-refractivity contribution is 5.85. The van der Waals surface area contributed by atoms with Crippen LogP contribution in [0.2, 0.25) is 0 Å². The summed E-state index contributed by atoms with van der Waals surface area (Å²) in [6.07, 6.45) is -4.06. The van der Waals surface area contributed by atoms with Crippen LogP contribution >= 0.6 is 12.4 Å². The molecule has 0 radical (unpaired) electrons. The highest BCUT2D eigenvalue weighted by Gasteiger charge is 2.41. The molecule has 1 fully saturated rings. The summed E-state index contributed by atoms with van der Waals surface area (Å²) in [6, 6.07) is 0. The summed E-state index contributed by atoms with van der Waals surface area (Å²) in [7, 11) is 1.75. The summed E-state index contributed by atoms with van der Waals surface area (Å²) in [5.74, 6) is -1.48. The van der Waals surface area contributed by atoms with Gasteiger partial charge in [-0.1, -0.05) is 6.92 Å². The maximum atomic E-state index is 12.4. The molecule has 1 rings (SSSR count). The Hall–Kier alpha value is -0.490. The number of nitrogens with one attached hydrogen (secondary N) is 1. The molecule has 0 aliphatic carbocycles. The number of amides is 1. The van der Waals surface area contributed by atoms with E-state index in [0.29, 0.717) is 6.54 Å². The summed E-state index contributed by atoms with van der Waals surface area (Å²) in [5, 5.41) is 2.89. The predicted octanol–water partition coefficient (Wildman–Crippen LogP) is 2.06. The van der Waals surface area contributed by atoms with Crippen LogP contribution in [-0.4, -0.2) is 43.7 Å². The fraction of sp³-hybridized carbons (Fsp3) is 0.909. The Balaban J connectivity index is 0.00000289. The number of hydrogen-bond donors (Lipinski definition) is 1. The number of hydrogen-bond acceptors (Lipinski definition) is 2. The number of likely N-dealkylation sites (tertiary alicyclic amines) is 1. The molecule has 1 heterocycles. The molecule has 1 amide bonds. The van der Waals surface area contributed by atoms with Crippen LogP contribution in [0.4, 0.5) is 13.2 Å². The van der Waals surface area contributed by atoms with Gasteiger partial charge < -0.3 is 10.2 Å². The van der Waals surface area contributed by atoms with Crippen LogP contribution < -0.4 is 5.32 Å². The Kier molecular flexibility index (Phi) is 6.99. The van der Waals surface area contributed by atoms with Gasteiger partial charge in [0.25, 0.3) is 0 Å². The molecule has 108 valence electrons. The molecule has 1 aliphatic rings. The third-order valence-corrected chi connectivity index (χ3v) is 3.20. The molecule has 1 unspecified atom stereocenters. The first-order chi connectivity index (χ1) is 7.86. The van der Waals surface area contributed by atoms with Crippen LogP contribution in [0.3, 0.4) is 0 Å². The topological polar surface area (TPSA) is 32.3 Å². The molecule has 1 atom stereocenters. The van der Waals surface area contributed by atoms with Crippen molar-refractivity contribution in [3.63, 3.8) is 0 Å². The second kappa shape index (κ2) is 7.19. The normalized spacial score (nSPS) is 19.3.